The summed E-state index contributed by atoms with van der Waals surface area (Å²) >= 11 is 0. The minimum atomic E-state index is -0.471. The standard InChI is InChI=1S/C23H24N2O3/c1-22(2,3)17-12-24-18-6-5-15(11-16(17)18)25-21(26)23(8-9-23)14-4-7-19-20(10-14)28-13-27-19/h4-7,10-12,24H,8-9,13H2,1-3H3,(H,25,26). The second kappa shape index (κ2) is 5.77. The minimum Gasteiger partial charge on any atom is -0.454 e. The molecular formula is C23H24N2O3. The molecule has 3 aromatic rings. The van der Waals surface area contributed by atoms with Crippen LogP contribution >= 0.6 is 0 Å². The summed E-state index contributed by atoms with van der Waals surface area (Å²) in [7, 11) is 0. The highest BCUT2D eigenvalue weighted by Gasteiger charge is 2.51. The number of aromatic amines is 1. The average Bonchev–Trinajstić information content (AvgIpc) is 3.14. The van der Waals surface area contributed by atoms with Crippen molar-refractivity contribution in [2.75, 3.05) is 12.1 Å². The summed E-state index contributed by atoms with van der Waals surface area (Å²) in [5.41, 5.74) is 3.71. The summed E-state index contributed by atoms with van der Waals surface area (Å²) < 4.78 is 10.9. The van der Waals surface area contributed by atoms with Crippen molar-refractivity contribution in [3.8, 4) is 11.5 Å². The first-order chi connectivity index (χ1) is 13.4. The van der Waals surface area contributed by atoms with E-state index < -0.39 is 5.41 Å². The molecule has 0 radical (unpaired) electrons. The number of amides is 1. The second-order valence-corrected chi connectivity index (χ2v) is 8.82. The predicted octanol–water partition coefficient (Wildman–Crippen LogP) is 4.86. The van der Waals surface area contributed by atoms with E-state index in [1.54, 1.807) is 0 Å². The molecule has 0 atom stereocenters. The van der Waals surface area contributed by atoms with Crippen molar-refractivity contribution >= 4 is 22.5 Å². The van der Waals surface area contributed by atoms with Gasteiger partial charge in [0.1, 0.15) is 0 Å². The molecular weight excluding hydrogens is 352 g/mol. The fraction of sp³-hybridized carbons (Fsp3) is 0.348. The van der Waals surface area contributed by atoms with E-state index in [2.05, 4.69) is 43.3 Å². The molecule has 1 saturated carbocycles. The number of H-pyrrole nitrogens is 1. The third-order valence-corrected chi connectivity index (χ3v) is 5.86. The summed E-state index contributed by atoms with van der Waals surface area (Å²) in [4.78, 5) is 16.5. The number of anilines is 1. The Morgan fingerprint density at radius 3 is 2.61 bits per heavy atom. The Morgan fingerprint density at radius 2 is 1.86 bits per heavy atom. The lowest BCUT2D eigenvalue weighted by Gasteiger charge is -2.19. The van der Waals surface area contributed by atoms with Crippen molar-refractivity contribution in [1.29, 1.82) is 0 Å². The third kappa shape index (κ3) is 2.65. The predicted molar refractivity (Wildman–Crippen MR) is 109 cm³/mol. The molecule has 0 bridgehead atoms. The van der Waals surface area contributed by atoms with Crippen molar-refractivity contribution in [2.45, 2.75) is 44.4 Å². The van der Waals surface area contributed by atoms with Crippen LogP contribution in [0.25, 0.3) is 10.9 Å². The first kappa shape index (κ1) is 17.2. The van der Waals surface area contributed by atoms with Crippen LogP contribution in [0.15, 0.2) is 42.6 Å². The Kier molecular flexibility index (Phi) is 3.54. The van der Waals surface area contributed by atoms with Gasteiger partial charge in [-0.05, 0) is 59.7 Å². The molecule has 1 aromatic heterocycles. The number of nitrogens with one attached hydrogen (secondary N) is 2. The van der Waals surface area contributed by atoms with Crippen LogP contribution in [0.3, 0.4) is 0 Å². The van der Waals surface area contributed by atoms with Crippen molar-refractivity contribution in [3.63, 3.8) is 0 Å². The van der Waals surface area contributed by atoms with Gasteiger partial charge in [-0.15, -0.1) is 0 Å². The van der Waals surface area contributed by atoms with Crippen molar-refractivity contribution in [3.05, 3.63) is 53.7 Å². The lowest BCUT2D eigenvalue weighted by molar-refractivity contribution is -0.118. The van der Waals surface area contributed by atoms with E-state index in [-0.39, 0.29) is 18.1 Å². The van der Waals surface area contributed by atoms with Crippen LogP contribution in [-0.2, 0) is 15.6 Å². The summed E-state index contributed by atoms with van der Waals surface area (Å²) in [5.74, 6) is 1.51. The van der Waals surface area contributed by atoms with E-state index in [0.717, 1.165) is 46.5 Å². The quantitative estimate of drug-likeness (QED) is 0.686. The molecule has 5 heteroatoms. The molecule has 0 unspecified atom stereocenters. The van der Waals surface area contributed by atoms with Crippen LogP contribution in [-0.4, -0.2) is 17.7 Å². The van der Waals surface area contributed by atoms with Crippen LogP contribution in [0.5, 0.6) is 11.5 Å². The molecule has 0 saturated heterocycles. The van der Waals surface area contributed by atoms with Gasteiger partial charge >= 0.3 is 0 Å². The van der Waals surface area contributed by atoms with Crippen molar-refractivity contribution in [1.82, 2.24) is 4.98 Å². The molecule has 2 aliphatic rings. The van der Waals surface area contributed by atoms with Crippen LogP contribution in [0.4, 0.5) is 5.69 Å². The van der Waals surface area contributed by atoms with Gasteiger partial charge in [-0.25, -0.2) is 0 Å². The molecule has 2 N–H and O–H groups in total. The van der Waals surface area contributed by atoms with E-state index in [4.69, 9.17) is 9.47 Å². The van der Waals surface area contributed by atoms with Gasteiger partial charge in [0.25, 0.3) is 0 Å². The van der Waals surface area contributed by atoms with Crippen molar-refractivity contribution < 1.29 is 14.3 Å². The smallest absolute Gasteiger partial charge is 0.235 e. The number of benzene rings is 2. The molecule has 5 nitrogen and oxygen atoms in total. The van der Waals surface area contributed by atoms with Crippen LogP contribution in [0.2, 0.25) is 0 Å². The number of ether oxygens (including phenoxy) is 2. The number of carbonyl (C=O) groups is 1. The van der Waals surface area contributed by atoms with Gasteiger partial charge in [0, 0.05) is 22.8 Å². The Hall–Kier alpha value is -2.95. The molecule has 2 aromatic carbocycles. The molecule has 5 rings (SSSR count). The van der Waals surface area contributed by atoms with E-state index in [1.165, 1.54) is 5.56 Å². The zero-order valence-corrected chi connectivity index (χ0v) is 16.4. The topological polar surface area (TPSA) is 63.4 Å². The lowest BCUT2D eigenvalue weighted by Crippen LogP contribution is -2.27. The van der Waals surface area contributed by atoms with Gasteiger partial charge in [-0.2, -0.15) is 0 Å². The Bertz CT molecular complexity index is 1090. The van der Waals surface area contributed by atoms with Crippen LogP contribution in [0.1, 0.15) is 44.7 Å². The number of hydrogen-bond acceptors (Lipinski definition) is 3. The third-order valence-electron chi connectivity index (χ3n) is 5.86. The monoisotopic (exact) mass is 376 g/mol. The van der Waals surface area contributed by atoms with Gasteiger partial charge in [-0.3, -0.25) is 4.79 Å². The summed E-state index contributed by atoms with van der Waals surface area (Å²) in [5, 5.41) is 4.30. The molecule has 2 heterocycles. The van der Waals surface area contributed by atoms with E-state index in [0.29, 0.717) is 0 Å². The SMILES string of the molecule is CC(C)(C)c1c[nH]c2ccc(NC(=O)C3(c4ccc5c(c4)OCO5)CC3)cc12. The van der Waals surface area contributed by atoms with Gasteiger partial charge < -0.3 is 19.8 Å². The highest BCUT2D eigenvalue weighted by Crippen LogP contribution is 2.51. The number of fused-ring (bicyclic) bond motifs is 2. The fourth-order valence-corrected chi connectivity index (χ4v) is 4.04. The lowest BCUT2D eigenvalue weighted by atomic mass is 9.87. The first-order valence-corrected chi connectivity index (χ1v) is 9.70. The van der Waals surface area contributed by atoms with Gasteiger partial charge in [0.2, 0.25) is 12.7 Å². The number of carbonyl (C=O) groups excluding carboxylic acids is 1. The minimum absolute atomic E-state index is 0.0328. The van der Waals surface area contributed by atoms with Gasteiger partial charge in [-0.1, -0.05) is 26.8 Å². The molecule has 1 fully saturated rings. The molecule has 1 aliphatic heterocycles. The number of rotatable bonds is 3. The fourth-order valence-electron chi connectivity index (χ4n) is 4.04. The molecule has 144 valence electrons. The maximum atomic E-state index is 13.2. The first-order valence-electron chi connectivity index (χ1n) is 9.70. The normalized spacial score (nSPS) is 17.0. The highest BCUT2D eigenvalue weighted by molar-refractivity contribution is 6.03. The second-order valence-electron chi connectivity index (χ2n) is 8.82. The van der Waals surface area contributed by atoms with Gasteiger partial charge in [0.05, 0.1) is 5.41 Å². The Labute approximate surface area is 164 Å². The van der Waals surface area contributed by atoms with E-state index in [9.17, 15) is 4.79 Å². The Balaban J connectivity index is 1.44. The van der Waals surface area contributed by atoms with Crippen molar-refractivity contribution in [2.24, 2.45) is 0 Å². The molecule has 28 heavy (non-hydrogen) atoms. The van der Waals surface area contributed by atoms with E-state index in [1.807, 2.05) is 30.3 Å². The number of hydrogen-bond donors (Lipinski definition) is 2. The molecule has 0 spiro atoms. The average molecular weight is 376 g/mol. The maximum absolute atomic E-state index is 13.2. The Morgan fingerprint density at radius 1 is 1.07 bits per heavy atom. The summed E-state index contributed by atoms with van der Waals surface area (Å²) in [6, 6.07) is 11.9. The molecule has 1 aliphatic carbocycles. The van der Waals surface area contributed by atoms with Crippen LogP contribution < -0.4 is 14.8 Å². The van der Waals surface area contributed by atoms with Gasteiger partial charge in [0.15, 0.2) is 11.5 Å². The summed E-state index contributed by atoms with van der Waals surface area (Å²) in [6.45, 7) is 6.82. The molecule has 1 amide bonds. The largest absolute Gasteiger partial charge is 0.454 e. The zero-order valence-electron chi connectivity index (χ0n) is 16.4. The zero-order chi connectivity index (χ0) is 19.5. The maximum Gasteiger partial charge on any atom is 0.235 e. The summed E-state index contributed by atoms with van der Waals surface area (Å²) in [6.07, 6.45) is 3.75. The van der Waals surface area contributed by atoms with E-state index >= 15 is 0 Å². The van der Waals surface area contributed by atoms with Crippen LogP contribution in [0, 0.1) is 0 Å². The number of aromatic nitrogens is 1. The highest BCUT2D eigenvalue weighted by atomic mass is 16.7.